The fraction of sp³-hybridized carbons (Fsp3) is 0.917. The maximum absolute atomic E-state index is 11.6. The normalized spacial score (nSPS) is 35.3. The van der Waals surface area contributed by atoms with Crippen LogP contribution in [0.1, 0.15) is 12.8 Å². The Bertz CT molecular complexity index is 303. The van der Waals surface area contributed by atoms with Crippen LogP contribution in [0.4, 0.5) is 4.79 Å². The minimum Gasteiger partial charge on any atom is -0.450 e. The van der Waals surface area contributed by atoms with Crippen molar-refractivity contribution in [2.24, 2.45) is 17.6 Å². The van der Waals surface area contributed by atoms with E-state index in [1.807, 2.05) is 0 Å². The molecule has 0 bridgehead atoms. The number of nitrogens with two attached hydrogens (primary N) is 1. The Labute approximate surface area is 104 Å². The summed E-state index contributed by atoms with van der Waals surface area (Å²) in [5, 5.41) is 2.90. The Morgan fingerprint density at radius 1 is 1.41 bits per heavy atom. The van der Waals surface area contributed by atoms with Gasteiger partial charge in [-0.15, -0.1) is 0 Å². The molecule has 4 atom stereocenters. The van der Waals surface area contributed by atoms with Crippen LogP contribution in [-0.2, 0) is 4.74 Å². The first kappa shape index (κ1) is 12.9. The topological polar surface area (TPSA) is 64.3 Å². The zero-order valence-corrected chi connectivity index (χ0v) is 12.0. The Hall–Kier alpha value is -0.553. The second-order valence-electron chi connectivity index (χ2n) is 6.67. The molecule has 0 radical (unpaired) electrons. The predicted octanol–water partition coefficient (Wildman–Crippen LogP) is 1.79. The Balaban J connectivity index is 1.64. The number of ether oxygens (including phenoxy) is 1. The molecule has 5 heteroatoms. The van der Waals surface area contributed by atoms with E-state index in [1.165, 1.54) is 6.42 Å². The maximum Gasteiger partial charge on any atom is 0.407 e. The van der Waals surface area contributed by atoms with E-state index in [0.29, 0.717) is 12.5 Å². The van der Waals surface area contributed by atoms with Gasteiger partial charge in [0, 0.05) is 20.2 Å². The fourth-order valence-corrected chi connectivity index (χ4v) is 3.31. The molecular weight excluding hydrogens is 232 g/mol. The summed E-state index contributed by atoms with van der Waals surface area (Å²) in [6, 6.07) is 1.30. The van der Waals surface area contributed by atoms with Crippen LogP contribution in [0.15, 0.2) is 0 Å². The predicted molar refractivity (Wildman–Crippen MR) is 70.6 cm³/mol. The molecule has 0 aliphatic heterocycles. The van der Waals surface area contributed by atoms with Crippen molar-refractivity contribution in [2.45, 2.75) is 50.6 Å². The van der Waals surface area contributed by atoms with Crippen LogP contribution >= 0.6 is 0 Å². The molecule has 1 amide bonds. The van der Waals surface area contributed by atoms with Gasteiger partial charge in [0.05, 0.1) is 6.61 Å². The molecule has 2 unspecified atom stereocenters. The van der Waals surface area contributed by atoms with E-state index in [1.54, 1.807) is 0 Å². The summed E-state index contributed by atoms with van der Waals surface area (Å²) in [4.78, 5) is 11.6. The Kier molecular flexibility index (Phi) is 3.50. The third-order valence-electron chi connectivity index (χ3n) is 3.88. The lowest BCUT2D eigenvalue weighted by molar-refractivity contribution is 0.146. The molecule has 98 valence electrons. The van der Waals surface area contributed by atoms with Gasteiger partial charge in [0.15, 0.2) is 0 Å². The summed E-state index contributed by atoms with van der Waals surface area (Å²) in [6.07, 6.45) is 2.00. The number of amides is 1. The van der Waals surface area contributed by atoms with Crippen molar-refractivity contribution < 1.29 is 9.53 Å². The van der Waals surface area contributed by atoms with E-state index in [2.05, 4.69) is 25.0 Å². The highest BCUT2D eigenvalue weighted by Gasteiger charge is 2.52. The number of carbonyl (C=O) groups is 1. The van der Waals surface area contributed by atoms with Crippen LogP contribution in [0.3, 0.4) is 0 Å². The van der Waals surface area contributed by atoms with Crippen LogP contribution < -0.4 is 11.1 Å². The first-order valence-electron chi connectivity index (χ1n) is 6.56. The third-order valence-corrected chi connectivity index (χ3v) is 5.59. The number of hydrogen-bond acceptors (Lipinski definition) is 3. The van der Waals surface area contributed by atoms with Gasteiger partial charge in [0.2, 0.25) is 0 Å². The molecule has 3 N–H and O–H groups in total. The van der Waals surface area contributed by atoms with Crippen molar-refractivity contribution in [1.82, 2.24) is 5.32 Å². The molecule has 0 saturated heterocycles. The van der Waals surface area contributed by atoms with Gasteiger partial charge in [-0.3, -0.25) is 0 Å². The summed E-state index contributed by atoms with van der Waals surface area (Å²) in [6.45, 7) is 7.36. The highest BCUT2D eigenvalue weighted by molar-refractivity contribution is 6.76. The molecule has 0 heterocycles. The van der Waals surface area contributed by atoms with Gasteiger partial charge in [0.25, 0.3) is 0 Å². The van der Waals surface area contributed by atoms with Gasteiger partial charge >= 0.3 is 6.09 Å². The van der Waals surface area contributed by atoms with E-state index in [4.69, 9.17) is 10.5 Å². The zero-order chi connectivity index (χ0) is 12.6. The third kappa shape index (κ3) is 3.45. The molecule has 2 rings (SSSR count). The maximum atomic E-state index is 11.6. The molecule has 2 fully saturated rings. The standard InChI is InChI=1S/C12H24N2O2Si/c1-17(2,3)5-4-16-12(15)14-10-7-8-6-9(8)11(10)13/h8-11H,4-7,13H2,1-3H3,(H,14,15)/t8-,9?,10-,11?/m0/s1. The van der Waals surface area contributed by atoms with Crippen LogP contribution in [0.5, 0.6) is 0 Å². The average molecular weight is 256 g/mol. The highest BCUT2D eigenvalue weighted by Crippen LogP contribution is 2.50. The molecule has 2 saturated carbocycles. The smallest absolute Gasteiger partial charge is 0.407 e. The molecule has 2 aliphatic rings. The number of hydrogen-bond donors (Lipinski definition) is 2. The molecule has 4 nitrogen and oxygen atoms in total. The van der Waals surface area contributed by atoms with Crippen molar-refractivity contribution in [3.05, 3.63) is 0 Å². The fourth-order valence-electron chi connectivity index (χ4n) is 2.59. The van der Waals surface area contributed by atoms with Crippen LogP contribution in [-0.4, -0.2) is 32.9 Å². The summed E-state index contributed by atoms with van der Waals surface area (Å²) < 4.78 is 5.21. The van der Waals surface area contributed by atoms with Gasteiger partial charge in [-0.1, -0.05) is 19.6 Å². The van der Waals surface area contributed by atoms with Crippen molar-refractivity contribution in [2.75, 3.05) is 6.61 Å². The minimum absolute atomic E-state index is 0.137. The molecule has 0 aromatic rings. The van der Waals surface area contributed by atoms with Gasteiger partial charge in [-0.25, -0.2) is 4.79 Å². The number of alkyl carbamates (subject to hydrolysis) is 1. The van der Waals surface area contributed by atoms with Crippen LogP contribution in [0.25, 0.3) is 0 Å². The minimum atomic E-state index is -1.12. The Morgan fingerprint density at radius 3 is 2.65 bits per heavy atom. The van der Waals surface area contributed by atoms with E-state index >= 15 is 0 Å². The molecule has 0 spiro atoms. The lowest BCUT2D eigenvalue weighted by atomic mass is 10.1. The summed E-state index contributed by atoms with van der Waals surface area (Å²) >= 11 is 0. The number of rotatable bonds is 4. The Morgan fingerprint density at radius 2 is 2.12 bits per heavy atom. The van der Waals surface area contributed by atoms with Crippen molar-refractivity contribution in [1.29, 1.82) is 0 Å². The van der Waals surface area contributed by atoms with Gasteiger partial charge in [0.1, 0.15) is 0 Å². The number of carbonyl (C=O) groups excluding carboxylic acids is 1. The summed E-state index contributed by atoms with van der Waals surface area (Å²) in [5.74, 6) is 1.42. The average Bonchev–Trinajstić information content (AvgIpc) is 2.87. The first-order chi connectivity index (χ1) is 7.87. The van der Waals surface area contributed by atoms with E-state index < -0.39 is 8.07 Å². The first-order valence-corrected chi connectivity index (χ1v) is 10.3. The molecular formula is C12H24N2O2Si. The van der Waals surface area contributed by atoms with Crippen molar-refractivity contribution in [3.63, 3.8) is 0 Å². The van der Waals surface area contributed by atoms with E-state index in [0.717, 1.165) is 18.4 Å². The monoisotopic (exact) mass is 256 g/mol. The molecule has 0 aromatic carbocycles. The van der Waals surface area contributed by atoms with Gasteiger partial charge in [-0.2, -0.15) is 0 Å². The number of nitrogens with one attached hydrogen (secondary N) is 1. The molecule has 2 aliphatic carbocycles. The second kappa shape index (κ2) is 4.61. The largest absolute Gasteiger partial charge is 0.450 e. The van der Waals surface area contributed by atoms with E-state index in [9.17, 15) is 4.79 Å². The highest BCUT2D eigenvalue weighted by atomic mass is 28.3. The van der Waals surface area contributed by atoms with Crippen LogP contribution in [0.2, 0.25) is 25.7 Å². The lowest BCUT2D eigenvalue weighted by Crippen LogP contribution is -2.46. The second-order valence-corrected chi connectivity index (χ2v) is 12.3. The van der Waals surface area contributed by atoms with E-state index in [-0.39, 0.29) is 18.2 Å². The zero-order valence-electron chi connectivity index (χ0n) is 11.0. The summed E-state index contributed by atoms with van der Waals surface area (Å²) in [7, 11) is -1.12. The van der Waals surface area contributed by atoms with Crippen molar-refractivity contribution >= 4 is 14.2 Å². The molecule has 0 aromatic heterocycles. The van der Waals surface area contributed by atoms with Gasteiger partial charge < -0.3 is 15.8 Å². The SMILES string of the molecule is C[Si](C)(C)CCOC(=O)N[C@H]1C[C@@H]2CC2C1N. The van der Waals surface area contributed by atoms with Crippen molar-refractivity contribution in [3.8, 4) is 0 Å². The van der Waals surface area contributed by atoms with Gasteiger partial charge in [-0.05, 0) is 30.7 Å². The quantitative estimate of drug-likeness (QED) is 0.754. The number of fused-ring (bicyclic) bond motifs is 1. The summed E-state index contributed by atoms with van der Waals surface area (Å²) in [5.41, 5.74) is 6.05. The molecule has 17 heavy (non-hydrogen) atoms. The van der Waals surface area contributed by atoms with Crippen LogP contribution in [0, 0.1) is 11.8 Å². The lowest BCUT2D eigenvalue weighted by Gasteiger charge is -2.20.